The number of aryl methyl sites for hydroxylation is 1. The van der Waals surface area contributed by atoms with Crippen molar-refractivity contribution in [3.8, 4) is 0 Å². The lowest BCUT2D eigenvalue weighted by atomic mass is 9.93. The van der Waals surface area contributed by atoms with Crippen molar-refractivity contribution < 1.29 is 4.79 Å². The van der Waals surface area contributed by atoms with Crippen molar-refractivity contribution >= 4 is 5.91 Å². The molecule has 0 bridgehead atoms. The van der Waals surface area contributed by atoms with E-state index in [0.717, 1.165) is 37.2 Å². The Bertz CT molecular complexity index is 613. The summed E-state index contributed by atoms with van der Waals surface area (Å²) in [4.78, 5) is 14.4. The summed E-state index contributed by atoms with van der Waals surface area (Å²) < 4.78 is 0. The SMILES string of the molecule is Cc1ccc(C(N)C(=O)N2CCC(c3ccn[nH]3)CC2)cc1. The molecule has 0 radical (unpaired) electrons. The van der Waals surface area contributed by atoms with Crippen molar-refractivity contribution in [3.63, 3.8) is 0 Å². The monoisotopic (exact) mass is 298 g/mol. The molecule has 5 nitrogen and oxygen atoms in total. The molecular formula is C17H22N4O. The molecule has 1 fully saturated rings. The molecule has 2 aromatic rings. The van der Waals surface area contributed by atoms with E-state index in [1.165, 1.54) is 5.56 Å². The number of likely N-dealkylation sites (tertiary alicyclic amines) is 1. The second-order valence-corrected chi connectivity index (χ2v) is 6.00. The average Bonchev–Trinajstić information content (AvgIpc) is 3.09. The Kier molecular flexibility index (Phi) is 4.24. The summed E-state index contributed by atoms with van der Waals surface area (Å²) in [6.45, 7) is 3.53. The smallest absolute Gasteiger partial charge is 0.244 e. The number of nitrogens with one attached hydrogen (secondary N) is 1. The van der Waals surface area contributed by atoms with Gasteiger partial charge in [-0.25, -0.2) is 0 Å². The Morgan fingerprint density at radius 1 is 1.27 bits per heavy atom. The first-order valence-corrected chi connectivity index (χ1v) is 7.75. The average molecular weight is 298 g/mol. The van der Waals surface area contributed by atoms with Crippen LogP contribution in [-0.4, -0.2) is 34.1 Å². The number of piperidine rings is 1. The van der Waals surface area contributed by atoms with Crippen LogP contribution >= 0.6 is 0 Å². The van der Waals surface area contributed by atoms with Crippen molar-refractivity contribution in [1.82, 2.24) is 15.1 Å². The molecular weight excluding hydrogens is 276 g/mol. The molecule has 0 saturated carbocycles. The van der Waals surface area contributed by atoms with Crippen LogP contribution in [0.2, 0.25) is 0 Å². The number of nitrogens with zero attached hydrogens (tertiary/aromatic N) is 2. The molecule has 0 spiro atoms. The lowest BCUT2D eigenvalue weighted by Crippen LogP contribution is -2.43. The maximum absolute atomic E-state index is 12.6. The Labute approximate surface area is 130 Å². The maximum atomic E-state index is 12.6. The zero-order chi connectivity index (χ0) is 15.5. The van der Waals surface area contributed by atoms with Crippen molar-refractivity contribution in [1.29, 1.82) is 0 Å². The summed E-state index contributed by atoms with van der Waals surface area (Å²) in [5, 5.41) is 7.03. The highest BCUT2D eigenvalue weighted by Crippen LogP contribution is 2.27. The van der Waals surface area contributed by atoms with E-state index in [4.69, 9.17) is 5.73 Å². The van der Waals surface area contributed by atoms with E-state index in [0.29, 0.717) is 5.92 Å². The van der Waals surface area contributed by atoms with Gasteiger partial charge in [-0.15, -0.1) is 0 Å². The molecule has 116 valence electrons. The molecule has 1 atom stereocenters. The van der Waals surface area contributed by atoms with Crippen molar-refractivity contribution in [2.45, 2.75) is 31.7 Å². The molecule has 1 aromatic carbocycles. The van der Waals surface area contributed by atoms with Gasteiger partial charge >= 0.3 is 0 Å². The van der Waals surface area contributed by atoms with Gasteiger partial charge in [0.05, 0.1) is 0 Å². The number of amides is 1. The summed E-state index contributed by atoms with van der Waals surface area (Å²) in [7, 11) is 0. The van der Waals surface area contributed by atoms with Gasteiger partial charge in [-0.2, -0.15) is 5.10 Å². The number of hydrogen-bond acceptors (Lipinski definition) is 3. The lowest BCUT2D eigenvalue weighted by molar-refractivity contribution is -0.133. The van der Waals surface area contributed by atoms with Crippen LogP contribution < -0.4 is 5.73 Å². The molecule has 1 aliphatic heterocycles. The van der Waals surface area contributed by atoms with E-state index in [9.17, 15) is 4.79 Å². The minimum absolute atomic E-state index is 0.0203. The number of rotatable bonds is 3. The number of H-pyrrole nitrogens is 1. The molecule has 1 saturated heterocycles. The highest BCUT2D eigenvalue weighted by Gasteiger charge is 2.28. The normalized spacial score (nSPS) is 17.5. The maximum Gasteiger partial charge on any atom is 0.244 e. The molecule has 3 N–H and O–H groups in total. The fourth-order valence-corrected chi connectivity index (χ4v) is 3.02. The Morgan fingerprint density at radius 3 is 2.55 bits per heavy atom. The van der Waals surface area contributed by atoms with Crippen molar-refractivity contribution in [2.75, 3.05) is 13.1 Å². The molecule has 1 amide bonds. The number of aromatic amines is 1. The Balaban J connectivity index is 1.60. The van der Waals surface area contributed by atoms with Crippen LogP contribution in [0.15, 0.2) is 36.5 Å². The number of benzene rings is 1. The van der Waals surface area contributed by atoms with Gasteiger partial charge in [0.25, 0.3) is 0 Å². The fourth-order valence-electron chi connectivity index (χ4n) is 3.02. The van der Waals surface area contributed by atoms with Crippen LogP contribution in [0.5, 0.6) is 0 Å². The van der Waals surface area contributed by atoms with Gasteiger partial charge in [0.1, 0.15) is 6.04 Å². The van der Waals surface area contributed by atoms with Gasteiger partial charge in [0, 0.05) is 30.9 Å². The zero-order valence-electron chi connectivity index (χ0n) is 12.8. The third-order valence-corrected chi connectivity index (χ3v) is 4.47. The lowest BCUT2D eigenvalue weighted by Gasteiger charge is -2.33. The van der Waals surface area contributed by atoms with Crippen LogP contribution in [0.25, 0.3) is 0 Å². The minimum atomic E-state index is -0.565. The van der Waals surface area contributed by atoms with Crippen LogP contribution in [0.3, 0.4) is 0 Å². The van der Waals surface area contributed by atoms with Gasteiger partial charge in [-0.3, -0.25) is 9.89 Å². The topological polar surface area (TPSA) is 75.0 Å². The standard InChI is InChI=1S/C17H22N4O/c1-12-2-4-14(5-3-12)16(18)17(22)21-10-7-13(8-11-21)15-6-9-19-20-15/h2-6,9,13,16H,7-8,10-11,18H2,1H3,(H,19,20). The summed E-state index contributed by atoms with van der Waals surface area (Å²) in [5.41, 5.74) is 9.35. The quantitative estimate of drug-likeness (QED) is 0.911. The summed E-state index contributed by atoms with van der Waals surface area (Å²) in [5.74, 6) is 0.481. The number of aromatic nitrogens is 2. The van der Waals surface area contributed by atoms with E-state index >= 15 is 0 Å². The van der Waals surface area contributed by atoms with E-state index in [2.05, 4.69) is 10.2 Å². The van der Waals surface area contributed by atoms with Crippen molar-refractivity contribution in [2.24, 2.45) is 5.73 Å². The summed E-state index contributed by atoms with van der Waals surface area (Å²) in [6, 6.07) is 9.31. The van der Waals surface area contributed by atoms with E-state index < -0.39 is 6.04 Å². The molecule has 0 aliphatic carbocycles. The molecule has 22 heavy (non-hydrogen) atoms. The highest BCUT2D eigenvalue weighted by atomic mass is 16.2. The molecule has 1 aromatic heterocycles. The minimum Gasteiger partial charge on any atom is -0.341 e. The number of carbonyl (C=O) groups excluding carboxylic acids is 1. The van der Waals surface area contributed by atoms with E-state index in [-0.39, 0.29) is 5.91 Å². The first-order valence-electron chi connectivity index (χ1n) is 7.75. The zero-order valence-corrected chi connectivity index (χ0v) is 12.8. The predicted molar refractivity (Wildman–Crippen MR) is 85.3 cm³/mol. The third kappa shape index (κ3) is 3.04. The molecule has 1 unspecified atom stereocenters. The van der Waals surface area contributed by atoms with Crippen LogP contribution in [0.4, 0.5) is 0 Å². The number of carbonyl (C=O) groups is 1. The van der Waals surface area contributed by atoms with Crippen LogP contribution in [-0.2, 0) is 4.79 Å². The first kappa shape index (κ1) is 14.8. The Hall–Kier alpha value is -2.14. The second-order valence-electron chi connectivity index (χ2n) is 6.00. The number of hydrogen-bond donors (Lipinski definition) is 2. The van der Waals surface area contributed by atoms with Gasteiger partial charge in [0.2, 0.25) is 5.91 Å². The largest absolute Gasteiger partial charge is 0.341 e. The summed E-state index contributed by atoms with van der Waals surface area (Å²) >= 11 is 0. The van der Waals surface area contributed by atoms with Crippen molar-refractivity contribution in [3.05, 3.63) is 53.3 Å². The van der Waals surface area contributed by atoms with E-state index in [1.54, 1.807) is 6.20 Å². The molecule has 1 aliphatic rings. The highest BCUT2D eigenvalue weighted by molar-refractivity contribution is 5.83. The summed E-state index contributed by atoms with van der Waals surface area (Å²) in [6.07, 6.45) is 3.68. The number of nitrogens with two attached hydrogens (primary N) is 1. The van der Waals surface area contributed by atoms with Gasteiger partial charge in [0.15, 0.2) is 0 Å². The van der Waals surface area contributed by atoms with Crippen LogP contribution in [0, 0.1) is 6.92 Å². The first-order chi connectivity index (χ1) is 10.6. The van der Waals surface area contributed by atoms with Crippen LogP contribution in [0.1, 0.15) is 41.6 Å². The van der Waals surface area contributed by atoms with Gasteiger partial charge < -0.3 is 10.6 Å². The molecule has 2 heterocycles. The third-order valence-electron chi connectivity index (χ3n) is 4.47. The molecule has 3 rings (SSSR count). The van der Waals surface area contributed by atoms with E-state index in [1.807, 2.05) is 42.2 Å². The fraction of sp³-hybridized carbons (Fsp3) is 0.412. The predicted octanol–water partition coefficient (Wildman–Crippen LogP) is 2.12. The Morgan fingerprint density at radius 2 is 1.95 bits per heavy atom. The molecule has 5 heteroatoms. The second kappa shape index (κ2) is 6.32. The van der Waals surface area contributed by atoms with Gasteiger partial charge in [-0.1, -0.05) is 29.8 Å². The van der Waals surface area contributed by atoms with Gasteiger partial charge in [-0.05, 0) is 31.4 Å².